The second-order valence-corrected chi connectivity index (χ2v) is 13.9. The molecule has 2 aromatic heterocycles. The summed E-state index contributed by atoms with van der Waals surface area (Å²) in [6.07, 6.45) is -3.06. The molecule has 0 radical (unpaired) electrons. The molecule has 1 aliphatic heterocycles. The van der Waals surface area contributed by atoms with Crippen LogP contribution in [0, 0.1) is 0 Å². The van der Waals surface area contributed by atoms with Crippen LogP contribution in [-0.4, -0.2) is 79.7 Å². The lowest BCUT2D eigenvalue weighted by molar-refractivity contribution is -0.153. The van der Waals surface area contributed by atoms with E-state index in [0.717, 1.165) is 16.5 Å². The fourth-order valence-corrected chi connectivity index (χ4v) is 7.13. The number of nitrogens with zero attached hydrogens (tertiary/aromatic N) is 4. The van der Waals surface area contributed by atoms with Gasteiger partial charge in [0.05, 0.1) is 24.5 Å². The number of anilines is 1. The molecule has 1 fully saturated rings. The van der Waals surface area contributed by atoms with Crippen LogP contribution in [0.1, 0.15) is 16.1 Å². The lowest BCUT2D eigenvalue weighted by Crippen LogP contribution is -2.48. The first-order chi connectivity index (χ1) is 24.3. The minimum absolute atomic E-state index is 0.0999. The molecular weight excluding hydrogens is 711 g/mol. The van der Waals surface area contributed by atoms with E-state index in [2.05, 4.69) is 14.6 Å². The second-order valence-electron chi connectivity index (χ2n) is 11.8. The van der Waals surface area contributed by atoms with Gasteiger partial charge in [-0.3, -0.25) is 14.4 Å². The highest BCUT2D eigenvalue weighted by molar-refractivity contribution is 7.92. The topological polar surface area (TPSA) is 115 Å². The van der Waals surface area contributed by atoms with Gasteiger partial charge in [-0.05, 0) is 60.2 Å². The van der Waals surface area contributed by atoms with Crippen molar-refractivity contribution in [1.29, 1.82) is 0 Å². The maximum absolute atomic E-state index is 13.6. The quantitative estimate of drug-likeness (QED) is 0.159. The van der Waals surface area contributed by atoms with Crippen molar-refractivity contribution in [2.45, 2.75) is 17.6 Å². The normalized spacial score (nSPS) is 14.0. The summed E-state index contributed by atoms with van der Waals surface area (Å²) in [6, 6.07) is 21.1. The minimum Gasteiger partial charge on any atom is -0.495 e. The van der Waals surface area contributed by atoms with Crippen LogP contribution in [0.4, 0.5) is 18.9 Å². The first kappa shape index (κ1) is 35.8. The number of benzene rings is 3. The number of nitrogens with one attached hydrogen (secondary N) is 1. The van der Waals surface area contributed by atoms with Crippen LogP contribution in [0.5, 0.6) is 23.1 Å². The Morgan fingerprint density at radius 2 is 1.67 bits per heavy atom. The van der Waals surface area contributed by atoms with Crippen LogP contribution in [0.3, 0.4) is 0 Å². The van der Waals surface area contributed by atoms with E-state index in [4.69, 9.17) is 25.8 Å². The molecule has 0 saturated carbocycles. The molecular formula is C35H33ClF3N5O6S. The maximum atomic E-state index is 13.6. The van der Waals surface area contributed by atoms with Gasteiger partial charge < -0.3 is 23.7 Å². The number of rotatable bonds is 11. The summed E-state index contributed by atoms with van der Waals surface area (Å²) in [5.41, 5.74) is 2.44. The van der Waals surface area contributed by atoms with E-state index < -0.39 is 22.8 Å². The highest BCUT2D eigenvalue weighted by Gasteiger charge is 2.29. The molecule has 11 nitrogen and oxygen atoms in total. The van der Waals surface area contributed by atoms with Gasteiger partial charge in [-0.2, -0.15) is 13.2 Å². The zero-order valence-corrected chi connectivity index (χ0v) is 29.1. The van der Waals surface area contributed by atoms with Crippen LogP contribution in [0.15, 0.2) is 90.0 Å². The molecule has 1 aliphatic rings. The van der Waals surface area contributed by atoms with E-state index in [9.17, 15) is 26.4 Å². The third-order valence-corrected chi connectivity index (χ3v) is 9.89. The van der Waals surface area contributed by atoms with Crippen molar-refractivity contribution in [3.63, 3.8) is 0 Å². The number of halogens is 4. The number of ether oxygens (including phenoxy) is 3. The van der Waals surface area contributed by atoms with Crippen LogP contribution in [-0.2, 0) is 23.6 Å². The lowest BCUT2D eigenvalue weighted by Gasteiger charge is -2.34. The summed E-state index contributed by atoms with van der Waals surface area (Å²) in [5.74, 6) is 0.903. The minimum atomic E-state index is -4.39. The zero-order valence-electron chi connectivity index (χ0n) is 27.5. The molecule has 6 rings (SSSR count). The zero-order chi connectivity index (χ0) is 36.3. The van der Waals surface area contributed by atoms with Crippen LogP contribution in [0.25, 0.3) is 10.9 Å². The Hall–Kier alpha value is -4.99. The lowest BCUT2D eigenvalue weighted by atomic mass is 10.2. The fourth-order valence-electron chi connectivity index (χ4n) is 5.66. The Morgan fingerprint density at radius 1 is 0.941 bits per heavy atom. The van der Waals surface area contributed by atoms with Crippen molar-refractivity contribution in [1.82, 2.24) is 19.4 Å². The Balaban J connectivity index is 1.05. The average Bonchev–Trinajstić information content (AvgIpc) is 3.43. The van der Waals surface area contributed by atoms with E-state index >= 15 is 0 Å². The van der Waals surface area contributed by atoms with Gasteiger partial charge >= 0.3 is 6.18 Å². The number of fused-ring (bicyclic) bond motifs is 1. The number of carbonyl (C=O) groups excluding carboxylic acids is 1. The number of aryl methyl sites for hydroxylation is 1. The summed E-state index contributed by atoms with van der Waals surface area (Å²) in [4.78, 5) is 21.7. The van der Waals surface area contributed by atoms with Gasteiger partial charge in [0.2, 0.25) is 5.88 Å². The molecule has 1 N–H and O–H groups in total. The molecule has 3 heterocycles. The van der Waals surface area contributed by atoms with Crippen molar-refractivity contribution < 1.29 is 40.6 Å². The molecule has 5 aromatic rings. The molecule has 51 heavy (non-hydrogen) atoms. The number of aromatic nitrogens is 2. The van der Waals surface area contributed by atoms with Gasteiger partial charge in [-0.25, -0.2) is 13.4 Å². The van der Waals surface area contributed by atoms with E-state index in [1.54, 1.807) is 29.2 Å². The first-order valence-corrected chi connectivity index (χ1v) is 17.5. The van der Waals surface area contributed by atoms with Gasteiger partial charge in [-0.15, -0.1) is 0 Å². The van der Waals surface area contributed by atoms with E-state index in [0.29, 0.717) is 44.2 Å². The summed E-state index contributed by atoms with van der Waals surface area (Å²) >= 11 is 6.00. The number of methoxy groups -OCH3 is 1. The molecule has 0 unspecified atom stereocenters. The fraction of sp³-hybridized carbons (Fsp3) is 0.257. The Labute approximate surface area is 297 Å². The maximum Gasteiger partial charge on any atom is 0.422 e. The number of sulfonamides is 1. The van der Waals surface area contributed by atoms with Gasteiger partial charge in [0, 0.05) is 62.3 Å². The Bertz CT molecular complexity index is 2140. The number of carbonyl (C=O) groups is 1. The highest BCUT2D eigenvalue weighted by atomic mass is 35.5. The molecule has 16 heteroatoms. The summed E-state index contributed by atoms with van der Waals surface area (Å²) in [5, 5.41) is 1.09. The third kappa shape index (κ3) is 8.67. The monoisotopic (exact) mass is 743 g/mol. The average molecular weight is 744 g/mol. The summed E-state index contributed by atoms with van der Waals surface area (Å²) in [7, 11) is -0.845. The predicted molar refractivity (Wildman–Crippen MR) is 185 cm³/mol. The van der Waals surface area contributed by atoms with Crippen LogP contribution >= 0.6 is 11.6 Å². The van der Waals surface area contributed by atoms with Crippen LogP contribution in [0.2, 0.25) is 5.02 Å². The molecule has 0 spiro atoms. The first-order valence-electron chi connectivity index (χ1n) is 15.7. The summed E-state index contributed by atoms with van der Waals surface area (Å²) in [6.45, 7) is 1.59. The largest absolute Gasteiger partial charge is 0.495 e. The van der Waals surface area contributed by atoms with Crippen molar-refractivity contribution >= 4 is 44.1 Å². The van der Waals surface area contributed by atoms with Crippen LogP contribution < -0.4 is 18.9 Å². The SMILES string of the molecule is COc1ccc(Cl)cc1S(=O)(=O)Nc1ccc(Oc2ccc3cc(C(=O)N4CCN(Cc5ccc(OCC(F)(F)F)cc5)CC4)n(C)c3c2)nc1. The van der Waals surface area contributed by atoms with Crippen molar-refractivity contribution in [2.75, 3.05) is 44.6 Å². The van der Waals surface area contributed by atoms with Gasteiger partial charge in [0.1, 0.15) is 27.8 Å². The number of hydrogen-bond donors (Lipinski definition) is 1. The van der Waals surface area contributed by atoms with Gasteiger partial charge in [0.15, 0.2) is 6.61 Å². The van der Waals surface area contributed by atoms with Gasteiger partial charge in [-0.1, -0.05) is 23.7 Å². The summed E-state index contributed by atoms with van der Waals surface area (Å²) < 4.78 is 83.4. The standard InChI is InChI=1S/C35H33ClF3N5O6S/c1-42-29-19-28(50-33-12-7-26(20-40-33)41-51(46,47)32-18-25(36)6-11-31(32)48-2)10-5-24(29)17-30(42)34(45)44-15-13-43(14-16-44)21-23-3-8-27(9-4-23)49-22-35(37,38)39/h3-12,17-20,41H,13-16,21-22H2,1-2H3. The molecule has 1 saturated heterocycles. The molecule has 0 atom stereocenters. The van der Waals surface area contributed by atoms with E-state index in [-0.39, 0.29) is 38.9 Å². The highest BCUT2D eigenvalue weighted by Crippen LogP contribution is 2.31. The molecule has 268 valence electrons. The smallest absolute Gasteiger partial charge is 0.422 e. The Morgan fingerprint density at radius 3 is 2.33 bits per heavy atom. The predicted octanol–water partition coefficient (Wildman–Crippen LogP) is 6.73. The number of pyridine rings is 1. The molecule has 1 amide bonds. The number of piperazine rings is 1. The third-order valence-electron chi connectivity index (χ3n) is 8.25. The number of hydrogen-bond acceptors (Lipinski definition) is 8. The van der Waals surface area contributed by atoms with E-state index in [1.807, 2.05) is 23.7 Å². The van der Waals surface area contributed by atoms with Crippen molar-refractivity contribution in [2.24, 2.45) is 7.05 Å². The van der Waals surface area contributed by atoms with Crippen molar-refractivity contribution in [3.8, 4) is 23.1 Å². The number of alkyl halides is 3. The molecule has 0 aliphatic carbocycles. The number of amides is 1. The van der Waals surface area contributed by atoms with Gasteiger partial charge in [0.25, 0.3) is 15.9 Å². The van der Waals surface area contributed by atoms with Crippen molar-refractivity contribution in [3.05, 3.63) is 101 Å². The Kier molecular flexibility index (Phi) is 10.3. The molecule has 3 aromatic carbocycles. The molecule has 0 bridgehead atoms. The van der Waals surface area contributed by atoms with E-state index in [1.165, 1.54) is 55.8 Å². The second kappa shape index (κ2) is 14.7.